The molecular weight excluding hydrogens is 350 g/mol. The lowest BCUT2D eigenvalue weighted by Crippen LogP contribution is -2.06. The van der Waals surface area contributed by atoms with Crippen LogP contribution in [0.2, 0.25) is 5.02 Å². The first-order valence-corrected chi connectivity index (χ1v) is 8.60. The molecule has 26 heavy (non-hydrogen) atoms. The van der Waals surface area contributed by atoms with Gasteiger partial charge in [0.15, 0.2) is 5.75 Å². The molecule has 0 aliphatic rings. The van der Waals surface area contributed by atoms with Crippen molar-refractivity contribution in [2.75, 3.05) is 7.11 Å². The summed E-state index contributed by atoms with van der Waals surface area (Å²) >= 11 is 6.06. The number of nitrogens with zero attached hydrogens (tertiary/aromatic N) is 1. The highest BCUT2D eigenvalue weighted by molar-refractivity contribution is 6.30. The minimum absolute atomic E-state index is 0.288. The number of carbonyl (C=O) groups is 1. The molecule has 5 heteroatoms. The van der Waals surface area contributed by atoms with E-state index in [0.717, 1.165) is 22.4 Å². The lowest BCUT2D eigenvalue weighted by atomic mass is 10.1. The summed E-state index contributed by atoms with van der Waals surface area (Å²) in [5.74, 6) is 0.901. The maximum atomic E-state index is 11.6. The highest BCUT2D eigenvalue weighted by atomic mass is 35.5. The number of pyridine rings is 1. The lowest BCUT2D eigenvalue weighted by molar-refractivity contribution is -0.133. The summed E-state index contributed by atoms with van der Waals surface area (Å²) in [4.78, 5) is 16.3. The molecule has 0 bridgehead atoms. The Kier molecular flexibility index (Phi) is 5.54. The van der Waals surface area contributed by atoms with Crippen molar-refractivity contribution >= 4 is 40.6 Å². The van der Waals surface area contributed by atoms with E-state index in [1.807, 2.05) is 48.6 Å². The first-order valence-electron chi connectivity index (χ1n) is 8.23. The molecule has 0 amide bonds. The van der Waals surface area contributed by atoms with E-state index in [9.17, 15) is 4.79 Å². The molecule has 1 heterocycles. The van der Waals surface area contributed by atoms with Crippen molar-refractivity contribution in [3.8, 4) is 11.5 Å². The van der Waals surface area contributed by atoms with Crippen LogP contribution in [0.1, 0.15) is 24.6 Å². The third kappa shape index (κ3) is 4.03. The molecule has 0 fully saturated rings. The molecular formula is C21H18ClNO3. The van der Waals surface area contributed by atoms with E-state index in [4.69, 9.17) is 21.1 Å². The van der Waals surface area contributed by atoms with Crippen LogP contribution < -0.4 is 9.47 Å². The zero-order chi connectivity index (χ0) is 18.5. The van der Waals surface area contributed by atoms with Gasteiger partial charge in [-0.25, -0.2) is 4.98 Å². The Morgan fingerprint density at radius 3 is 2.73 bits per heavy atom. The molecule has 3 aromatic rings. The molecule has 1 aromatic heterocycles. The van der Waals surface area contributed by atoms with Crippen molar-refractivity contribution in [3.05, 3.63) is 64.8 Å². The van der Waals surface area contributed by atoms with E-state index in [0.29, 0.717) is 22.7 Å². The monoisotopic (exact) mass is 367 g/mol. The second kappa shape index (κ2) is 8.02. The molecule has 2 aromatic carbocycles. The number of esters is 1. The van der Waals surface area contributed by atoms with Gasteiger partial charge in [0.25, 0.3) is 0 Å². The fourth-order valence-electron chi connectivity index (χ4n) is 2.52. The van der Waals surface area contributed by atoms with Crippen LogP contribution in [0.25, 0.3) is 23.1 Å². The average molecular weight is 368 g/mol. The van der Waals surface area contributed by atoms with Crippen molar-refractivity contribution in [3.63, 3.8) is 0 Å². The molecule has 0 N–H and O–H groups in total. The van der Waals surface area contributed by atoms with Crippen molar-refractivity contribution in [2.24, 2.45) is 0 Å². The third-order valence-corrected chi connectivity index (χ3v) is 4.08. The van der Waals surface area contributed by atoms with Gasteiger partial charge in [-0.2, -0.15) is 0 Å². The maximum Gasteiger partial charge on any atom is 0.310 e. The Bertz CT molecular complexity index is 982. The predicted octanol–water partition coefficient (Wildman–Crippen LogP) is 5.38. The molecule has 0 spiro atoms. The van der Waals surface area contributed by atoms with E-state index in [1.54, 1.807) is 26.2 Å². The van der Waals surface area contributed by atoms with Gasteiger partial charge >= 0.3 is 5.97 Å². The van der Waals surface area contributed by atoms with Crippen molar-refractivity contribution in [1.29, 1.82) is 0 Å². The average Bonchev–Trinajstić information content (AvgIpc) is 2.66. The van der Waals surface area contributed by atoms with E-state index in [1.165, 1.54) is 0 Å². The number of hydrogen-bond acceptors (Lipinski definition) is 4. The van der Waals surface area contributed by atoms with Crippen LogP contribution in [-0.2, 0) is 4.79 Å². The summed E-state index contributed by atoms with van der Waals surface area (Å²) < 4.78 is 10.7. The van der Waals surface area contributed by atoms with Gasteiger partial charge < -0.3 is 9.47 Å². The van der Waals surface area contributed by atoms with Gasteiger partial charge in [0.05, 0.1) is 12.8 Å². The number of hydrogen-bond donors (Lipinski definition) is 0. The van der Waals surface area contributed by atoms with Crippen LogP contribution in [0.4, 0.5) is 0 Å². The standard InChI is InChI=1S/C21H18ClNO3/c1-3-20(24)26-19-6-4-5-14-7-10-17(23-21(14)19)11-8-15-13-16(22)9-12-18(15)25-2/h4-13H,3H2,1-2H3/b11-8+. The fourth-order valence-corrected chi connectivity index (χ4v) is 2.70. The van der Waals surface area contributed by atoms with Gasteiger partial charge in [-0.1, -0.05) is 36.7 Å². The number of aromatic nitrogens is 1. The van der Waals surface area contributed by atoms with Gasteiger partial charge in [0, 0.05) is 22.4 Å². The highest BCUT2D eigenvalue weighted by Crippen LogP contribution is 2.27. The SMILES string of the molecule is CCC(=O)Oc1cccc2ccc(/C=C/c3cc(Cl)ccc3OC)nc12. The maximum absolute atomic E-state index is 11.6. The Labute approximate surface area is 157 Å². The van der Waals surface area contributed by atoms with Crippen molar-refractivity contribution < 1.29 is 14.3 Å². The Balaban J connectivity index is 1.97. The van der Waals surface area contributed by atoms with Gasteiger partial charge in [0.2, 0.25) is 0 Å². The summed E-state index contributed by atoms with van der Waals surface area (Å²) in [6, 6.07) is 14.8. The summed E-state index contributed by atoms with van der Waals surface area (Å²) in [5.41, 5.74) is 2.24. The number of fused-ring (bicyclic) bond motifs is 1. The van der Waals surface area contributed by atoms with Gasteiger partial charge in [0.1, 0.15) is 11.3 Å². The van der Waals surface area contributed by atoms with E-state index in [-0.39, 0.29) is 5.97 Å². The van der Waals surface area contributed by atoms with E-state index < -0.39 is 0 Å². The molecule has 0 atom stereocenters. The quantitative estimate of drug-likeness (QED) is 0.448. The Hall–Kier alpha value is -2.85. The molecule has 0 saturated carbocycles. The molecule has 0 unspecified atom stereocenters. The van der Waals surface area contributed by atoms with Crippen LogP contribution in [-0.4, -0.2) is 18.1 Å². The van der Waals surface area contributed by atoms with Crippen LogP contribution >= 0.6 is 11.6 Å². The van der Waals surface area contributed by atoms with Gasteiger partial charge in [-0.05, 0) is 42.5 Å². The lowest BCUT2D eigenvalue weighted by Gasteiger charge is -2.07. The molecule has 132 valence electrons. The molecule has 0 aliphatic heterocycles. The van der Waals surface area contributed by atoms with Gasteiger partial charge in [-0.3, -0.25) is 4.79 Å². The molecule has 0 aliphatic carbocycles. The molecule has 0 radical (unpaired) electrons. The van der Waals surface area contributed by atoms with E-state index >= 15 is 0 Å². The topological polar surface area (TPSA) is 48.4 Å². The zero-order valence-corrected chi connectivity index (χ0v) is 15.3. The number of ether oxygens (including phenoxy) is 2. The Morgan fingerprint density at radius 1 is 1.12 bits per heavy atom. The molecule has 3 rings (SSSR count). The predicted molar refractivity (Wildman–Crippen MR) is 105 cm³/mol. The number of benzene rings is 2. The summed E-state index contributed by atoms with van der Waals surface area (Å²) in [6.45, 7) is 1.76. The number of methoxy groups -OCH3 is 1. The van der Waals surface area contributed by atoms with Crippen LogP contribution in [0.15, 0.2) is 48.5 Å². The molecule has 4 nitrogen and oxygen atoms in total. The van der Waals surface area contributed by atoms with Crippen molar-refractivity contribution in [2.45, 2.75) is 13.3 Å². The van der Waals surface area contributed by atoms with E-state index in [2.05, 4.69) is 4.98 Å². The first kappa shape index (κ1) is 18.0. The summed E-state index contributed by atoms with van der Waals surface area (Å²) in [5, 5.41) is 1.54. The van der Waals surface area contributed by atoms with Crippen LogP contribution in [0.3, 0.4) is 0 Å². The minimum atomic E-state index is -0.288. The zero-order valence-electron chi connectivity index (χ0n) is 14.5. The second-order valence-electron chi connectivity index (χ2n) is 5.61. The number of para-hydroxylation sites is 1. The van der Waals surface area contributed by atoms with Crippen LogP contribution in [0, 0.1) is 0 Å². The first-order chi connectivity index (χ1) is 12.6. The van der Waals surface area contributed by atoms with Crippen molar-refractivity contribution in [1.82, 2.24) is 4.98 Å². The summed E-state index contributed by atoms with van der Waals surface area (Å²) in [7, 11) is 1.61. The highest BCUT2D eigenvalue weighted by Gasteiger charge is 2.08. The smallest absolute Gasteiger partial charge is 0.310 e. The number of halogens is 1. The number of rotatable bonds is 5. The second-order valence-corrected chi connectivity index (χ2v) is 6.05. The fraction of sp³-hybridized carbons (Fsp3) is 0.143. The minimum Gasteiger partial charge on any atom is -0.496 e. The van der Waals surface area contributed by atoms with Gasteiger partial charge in [-0.15, -0.1) is 0 Å². The third-order valence-electron chi connectivity index (χ3n) is 3.84. The normalized spacial score (nSPS) is 11.0. The number of carbonyl (C=O) groups excluding carboxylic acids is 1. The molecule has 0 saturated heterocycles. The Morgan fingerprint density at radius 2 is 1.96 bits per heavy atom. The summed E-state index contributed by atoms with van der Waals surface area (Å²) in [6.07, 6.45) is 4.07. The largest absolute Gasteiger partial charge is 0.496 e. The van der Waals surface area contributed by atoms with Crippen LogP contribution in [0.5, 0.6) is 11.5 Å².